The van der Waals surface area contributed by atoms with Gasteiger partial charge in [0.15, 0.2) is 6.61 Å². The molecular weight excluding hydrogens is 416 g/mol. The normalized spacial score (nSPS) is 10.8. The highest BCUT2D eigenvalue weighted by atomic mass is 35.5. The lowest BCUT2D eigenvalue weighted by molar-refractivity contribution is -0.384. The fraction of sp³-hybridized carbons (Fsp3) is 0.211. The Hall–Kier alpha value is -3.66. The lowest BCUT2D eigenvalue weighted by Crippen LogP contribution is -2.26. The van der Waals surface area contributed by atoms with E-state index in [4.69, 9.17) is 21.1 Å². The SMILES string of the molecule is COc1ccc(NC(=O)C/C(C)=N\NC(=O)COc2ccc(Cl)cc2)c([N+](=O)[O-])c1. The highest BCUT2D eigenvalue weighted by molar-refractivity contribution is 6.30. The van der Waals surface area contributed by atoms with Gasteiger partial charge in [0.1, 0.15) is 17.2 Å². The Morgan fingerprint density at radius 2 is 1.80 bits per heavy atom. The first-order valence-corrected chi connectivity index (χ1v) is 8.99. The van der Waals surface area contributed by atoms with Crippen molar-refractivity contribution in [2.75, 3.05) is 19.0 Å². The molecule has 158 valence electrons. The summed E-state index contributed by atoms with van der Waals surface area (Å²) in [6, 6.07) is 10.6. The molecule has 0 aliphatic carbocycles. The Bertz CT molecular complexity index is 962. The highest BCUT2D eigenvalue weighted by Gasteiger charge is 2.17. The second-order valence-corrected chi connectivity index (χ2v) is 6.43. The number of rotatable bonds is 9. The zero-order chi connectivity index (χ0) is 22.1. The van der Waals surface area contributed by atoms with E-state index in [1.807, 2.05) is 0 Å². The number of nitrogens with zero attached hydrogens (tertiary/aromatic N) is 2. The van der Waals surface area contributed by atoms with Gasteiger partial charge in [-0.1, -0.05) is 11.6 Å². The second kappa shape index (κ2) is 10.8. The molecule has 0 aliphatic rings. The molecule has 2 rings (SSSR count). The van der Waals surface area contributed by atoms with E-state index in [1.165, 1.54) is 32.2 Å². The molecule has 0 saturated carbocycles. The Kier molecular flexibility index (Phi) is 8.12. The predicted octanol–water partition coefficient (Wildman–Crippen LogP) is 3.16. The third kappa shape index (κ3) is 7.06. The number of hydrogen-bond donors (Lipinski definition) is 2. The molecule has 0 saturated heterocycles. The minimum atomic E-state index is -0.625. The van der Waals surface area contributed by atoms with E-state index in [0.717, 1.165) is 0 Å². The van der Waals surface area contributed by atoms with Crippen molar-refractivity contribution in [2.24, 2.45) is 5.10 Å². The van der Waals surface area contributed by atoms with Crippen LogP contribution in [-0.2, 0) is 9.59 Å². The first-order valence-electron chi connectivity index (χ1n) is 8.61. The number of nitro benzene ring substituents is 1. The quantitative estimate of drug-likeness (QED) is 0.354. The number of anilines is 1. The topological polar surface area (TPSA) is 132 Å². The summed E-state index contributed by atoms with van der Waals surface area (Å²) in [5.41, 5.74) is 2.29. The molecule has 0 radical (unpaired) electrons. The van der Waals surface area contributed by atoms with Crippen molar-refractivity contribution in [1.82, 2.24) is 5.43 Å². The summed E-state index contributed by atoms with van der Waals surface area (Å²) < 4.78 is 10.2. The molecule has 0 fully saturated rings. The minimum absolute atomic E-state index is 0.0269. The summed E-state index contributed by atoms with van der Waals surface area (Å²) in [6.07, 6.45) is -0.179. The first kappa shape index (κ1) is 22.6. The van der Waals surface area contributed by atoms with Crippen molar-refractivity contribution >= 4 is 40.5 Å². The molecule has 2 N–H and O–H groups in total. The van der Waals surface area contributed by atoms with E-state index in [9.17, 15) is 19.7 Å². The smallest absolute Gasteiger partial charge is 0.296 e. The van der Waals surface area contributed by atoms with Crippen LogP contribution in [0.25, 0.3) is 0 Å². The van der Waals surface area contributed by atoms with Crippen LogP contribution in [0.4, 0.5) is 11.4 Å². The predicted molar refractivity (Wildman–Crippen MR) is 111 cm³/mol. The van der Waals surface area contributed by atoms with Gasteiger partial charge in [0.05, 0.1) is 24.5 Å². The maximum Gasteiger partial charge on any atom is 0.296 e. The molecule has 30 heavy (non-hydrogen) atoms. The van der Waals surface area contributed by atoms with Crippen LogP contribution in [0.5, 0.6) is 11.5 Å². The Balaban J connectivity index is 1.86. The van der Waals surface area contributed by atoms with Gasteiger partial charge in [0.2, 0.25) is 5.91 Å². The fourth-order valence-corrected chi connectivity index (χ4v) is 2.36. The number of nitro groups is 1. The molecular formula is C19H19ClN4O6. The van der Waals surface area contributed by atoms with E-state index in [1.54, 1.807) is 24.3 Å². The van der Waals surface area contributed by atoms with Crippen LogP contribution in [0.15, 0.2) is 47.6 Å². The molecule has 0 heterocycles. The zero-order valence-electron chi connectivity index (χ0n) is 16.2. The monoisotopic (exact) mass is 434 g/mol. The Labute approximate surface area is 177 Å². The van der Waals surface area contributed by atoms with E-state index in [0.29, 0.717) is 22.2 Å². The third-order valence-electron chi connectivity index (χ3n) is 3.65. The number of nitrogens with one attached hydrogen (secondary N) is 2. The summed E-state index contributed by atoms with van der Waals surface area (Å²) in [5, 5.41) is 18.0. The molecule has 0 aromatic heterocycles. The number of halogens is 1. The van der Waals surface area contributed by atoms with Crippen LogP contribution in [0.2, 0.25) is 5.02 Å². The number of benzene rings is 2. The summed E-state index contributed by atoms with van der Waals surface area (Å²) in [4.78, 5) is 34.5. The van der Waals surface area contributed by atoms with E-state index < -0.39 is 16.7 Å². The lowest BCUT2D eigenvalue weighted by atomic mass is 10.2. The number of hydrogen-bond acceptors (Lipinski definition) is 7. The average Bonchev–Trinajstić information content (AvgIpc) is 2.71. The van der Waals surface area contributed by atoms with Crippen LogP contribution >= 0.6 is 11.6 Å². The van der Waals surface area contributed by atoms with E-state index in [2.05, 4.69) is 15.8 Å². The van der Waals surface area contributed by atoms with Crippen LogP contribution in [0.3, 0.4) is 0 Å². The summed E-state index contributed by atoms with van der Waals surface area (Å²) in [6.45, 7) is 1.25. The molecule has 0 spiro atoms. The van der Waals surface area contributed by atoms with Gasteiger partial charge in [-0.3, -0.25) is 19.7 Å². The largest absolute Gasteiger partial charge is 0.496 e. The molecule has 2 amide bonds. The first-order chi connectivity index (χ1) is 14.3. The highest BCUT2D eigenvalue weighted by Crippen LogP contribution is 2.29. The van der Waals surface area contributed by atoms with Crippen molar-refractivity contribution in [2.45, 2.75) is 13.3 Å². The lowest BCUT2D eigenvalue weighted by Gasteiger charge is -2.08. The summed E-state index contributed by atoms with van der Waals surface area (Å²) in [7, 11) is 1.38. The van der Waals surface area contributed by atoms with E-state index in [-0.39, 0.29) is 24.4 Å². The number of methoxy groups -OCH3 is 1. The molecule has 10 nitrogen and oxygen atoms in total. The molecule has 11 heteroatoms. The number of ether oxygens (including phenoxy) is 2. The fourth-order valence-electron chi connectivity index (χ4n) is 2.23. The molecule has 0 bridgehead atoms. The molecule has 0 atom stereocenters. The maximum atomic E-state index is 12.1. The Morgan fingerprint density at radius 1 is 1.13 bits per heavy atom. The van der Waals surface area contributed by atoms with Crippen LogP contribution in [0, 0.1) is 10.1 Å². The molecule has 0 aliphatic heterocycles. The molecule has 2 aromatic rings. The standard InChI is InChI=1S/C19H19ClN4O6/c1-12(22-23-19(26)11-30-14-5-3-13(20)4-6-14)9-18(25)21-16-8-7-15(29-2)10-17(16)24(27)28/h3-8,10H,9,11H2,1-2H3,(H,21,25)(H,23,26)/b22-12-. The third-order valence-corrected chi connectivity index (χ3v) is 3.90. The van der Waals surface area contributed by atoms with Crippen LogP contribution in [-0.4, -0.2) is 36.2 Å². The summed E-state index contributed by atoms with van der Waals surface area (Å²) >= 11 is 5.77. The van der Waals surface area contributed by atoms with Gasteiger partial charge >= 0.3 is 0 Å². The van der Waals surface area contributed by atoms with Crippen molar-refractivity contribution in [3.63, 3.8) is 0 Å². The van der Waals surface area contributed by atoms with Gasteiger partial charge in [0.25, 0.3) is 11.6 Å². The number of carbonyl (C=O) groups is 2. The van der Waals surface area contributed by atoms with Crippen molar-refractivity contribution in [3.05, 3.63) is 57.6 Å². The number of carbonyl (C=O) groups excluding carboxylic acids is 2. The number of hydrazone groups is 1. The van der Waals surface area contributed by atoms with Gasteiger partial charge in [-0.15, -0.1) is 0 Å². The minimum Gasteiger partial charge on any atom is -0.496 e. The van der Waals surface area contributed by atoms with Crippen molar-refractivity contribution in [3.8, 4) is 11.5 Å². The maximum absolute atomic E-state index is 12.1. The van der Waals surface area contributed by atoms with Crippen molar-refractivity contribution in [1.29, 1.82) is 0 Å². The van der Waals surface area contributed by atoms with Crippen molar-refractivity contribution < 1.29 is 24.0 Å². The van der Waals surface area contributed by atoms with Gasteiger partial charge in [-0.25, -0.2) is 5.43 Å². The number of amides is 2. The average molecular weight is 435 g/mol. The Morgan fingerprint density at radius 3 is 2.43 bits per heavy atom. The second-order valence-electron chi connectivity index (χ2n) is 5.99. The zero-order valence-corrected chi connectivity index (χ0v) is 16.9. The van der Waals surface area contributed by atoms with Gasteiger partial charge in [-0.2, -0.15) is 5.10 Å². The van der Waals surface area contributed by atoms with Crippen LogP contribution in [0.1, 0.15) is 13.3 Å². The molecule has 2 aromatic carbocycles. The summed E-state index contributed by atoms with van der Waals surface area (Å²) in [5.74, 6) is -0.289. The van der Waals surface area contributed by atoms with Crippen LogP contribution < -0.4 is 20.2 Å². The van der Waals surface area contributed by atoms with Gasteiger partial charge in [-0.05, 0) is 43.3 Å². The van der Waals surface area contributed by atoms with E-state index >= 15 is 0 Å². The van der Waals surface area contributed by atoms with Gasteiger partial charge < -0.3 is 14.8 Å². The van der Waals surface area contributed by atoms with Gasteiger partial charge in [0, 0.05) is 10.7 Å². The molecule has 0 unspecified atom stereocenters.